The number of halogens is 1. The van der Waals surface area contributed by atoms with Crippen molar-refractivity contribution in [3.63, 3.8) is 0 Å². The van der Waals surface area contributed by atoms with Crippen LogP contribution in [0.4, 0.5) is 5.69 Å². The first kappa shape index (κ1) is 15.5. The van der Waals surface area contributed by atoms with E-state index in [2.05, 4.69) is 26.1 Å². The molecule has 1 aromatic carbocycles. The Labute approximate surface area is 128 Å². The highest BCUT2D eigenvalue weighted by Gasteiger charge is 2.19. The van der Waals surface area contributed by atoms with Crippen molar-refractivity contribution in [1.29, 1.82) is 0 Å². The third-order valence-electron chi connectivity index (χ3n) is 3.66. The van der Waals surface area contributed by atoms with E-state index in [9.17, 15) is 9.90 Å². The fourth-order valence-electron chi connectivity index (χ4n) is 2.54. The quantitative estimate of drug-likeness (QED) is 0.865. The highest BCUT2D eigenvalue weighted by molar-refractivity contribution is 9.10. The number of para-hydroxylation sites is 1. The summed E-state index contributed by atoms with van der Waals surface area (Å²) in [5, 5.41) is 12.1. The number of hydrogen-bond acceptors (Lipinski definition) is 3. The number of carbonyl (C=O) groups excluding carboxylic acids is 1. The number of carbonyl (C=O) groups is 1. The number of nitrogens with zero attached hydrogens (tertiary/aromatic N) is 1. The molecule has 2 rings (SSSR count). The van der Waals surface area contributed by atoms with Crippen LogP contribution < -0.4 is 5.32 Å². The summed E-state index contributed by atoms with van der Waals surface area (Å²) < 4.78 is 0.895. The molecule has 1 aromatic rings. The zero-order valence-electron chi connectivity index (χ0n) is 11.5. The van der Waals surface area contributed by atoms with E-state index in [0.717, 1.165) is 42.6 Å². The molecule has 1 heterocycles. The molecular weight excluding hydrogens is 320 g/mol. The van der Waals surface area contributed by atoms with Crippen LogP contribution in [0.2, 0.25) is 0 Å². The van der Waals surface area contributed by atoms with Gasteiger partial charge in [0.15, 0.2) is 0 Å². The average molecular weight is 341 g/mol. The van der Waals surface area contributed by atoms with Crippen molar-refractivity contribution < 1.29 is 9.90 Å². The van der Waals surface area contributed by atoms with E-state index in [0.29, 0.717) is 12.3 Å². The number of benzene rings is 1. The Morgan fingerprint density at radius 2 is 2.25 bits per heavy atom. The molecule has 1 amide bonds. The minimum absolute atomic E-state index is 0.0306. The first-order valence-corrected chi connectivity index (χ1v) is 7.86. The maximum atomic E-state index is 12.0. The van der Waals surface area contributed by atoms with Crippen molar-refractivity contribution in [3.8, 4) is 0 Å². The zero-order chi connectivity index (χ0) is 14.4. The number of amides is 1. The van der Waals surface area contributed by atoms with Crippen LogP contribution >= 0.6 is 15.9 Å². The van der Waals surface area contributed by atoms with Crippen molar-refractivity contribution >= 4 is 27.5 Å². The second-order valence-corrected chi connectivity index (χ2v) is 6.12. The topological polar surface area (TPSA) is 52.6 Å². The second-order valence-electron chi connectivity index (χ2n) is 5.27. The van der Waals surface area contributed by atoms with E-state index >= 15 is 0 Å². The van der Waals surface area contributed by atoms with Crippen LogP contribution in [0.25, 0.3) is 0 Å². The van der Waals surface area contributed by atoms with Gasteiger partial charge in [-0.2, -0.15) is 0 Å². The lowest BCUT2D eigenvalue weighted by molar-refractivity contribution is -0.116. The fourth-order valence-corrected chi connectivity index (χ4v) is 2.92. The normalized spacial score (nSPS) is 19.8. The Kier molecular flexibility index (Phi) is 6.01. The van der Waals surface area contributed by atoms with Crippen molar-refractivity contribution in [3.05, 3.63) is 28.7 Å². The van der Waals surface area contributed by atoms with Gasteiger partial charge in [0.25, 0.3) is 0 Å². The summed E-state index contributed by atoms with van der Waals surface area (Å²) in [6, 6.07) is 7.61. The van der Waals surface area contributed by atoms with Gasteiger partial charge in [-0.1, -0.05) is 12.1 Å². The van der Waals surface area contributed by atoms with Gasteiger partial charge in [0, 0.05) is 30.6 Å². The van der Waals surface area contributed by atoms with Crippen LogP contribution in [-0.4, -0.2) is 42.2 Å². The molecule has 1 aliphatic rings. The van der Waals surface area contributed by atoms with Gasteiger partial charge in [0.1, 0.15) is 0 Å². The molecule has 1 atom stereocenters. The Hall–Kier alpha value is -0.910. The molecule has 20 heavy (non-hydrogen) atoms. The maximum Gasteiger partial charge on any atom is 0.225 e. The predicted octanol–water partition coefficient (Wildman–Crippen LogP) is 2.48. The third-order valence-corrected chi connectivity index (χ3v) is 4.36. The number of hydrogen-bond donors (Lipinski definition) is 2. The van der Waals surface area contributed by atoms with Crippen molar-refractivity contribution in [2.75, 3.05) is 31.6 Å². The van der Waals surface area contributed by atoms with E-state index < -0.39 is 0 Å². The van der Waals surface area contributed by atoms with Crippen LogP contribution in [-0.2, 0) is 4.79 Å². The number of aliphatic hydroxyl groups excluding tert-OH is 1. The fraction of sp³-hybridized carbons (Fsp3) is 0.533. The van der Waals surface area contributed by atoms with Gasteiger partial charge in [-0.05, 0) is 53.4 Å². The molecule has 0 bridgehead atoms. The van der Waals surface area contributed by atoms with E-state index in [1.165, 1.54) is 0 Å². The van der Waals surface area contributed by atoms with Crippen molar-refractivity contribution in [2.24, 2.45) is 5.92 Å². The number of aliphatic hydroxyl groups is 1. The molecule has 2 N–H and O–H groups in total. The standard InChI is InChI=1S/C15H21BrN2O2/c16-13-5-1-2-6-14(13)17-15(20)7-9-18-8-3-4-12(10-18)11-19/h1-2,5-6,12,19H,3-4,7-11H2,(H,17,20). The van der Waals surface area contributed by atoms with E-state index in [1.807, 2.05) is 24.3 Å². The minimum atomic E-state index is 0.0306. The first-order chi connectivity index (χ1) is 9.69. The number of anilines is 1. The largest absolute Gasteiger partial charge is 0.396 e. The van der Waals surface area contributed by atoms with Crippen LogP contribution in [0, 0.1) is 5.92 Å². The van der Waals surface area contributed by atoms with E-state index in [4.69, 9.17) is 0 Å². The van der Waals surface area contributed by atoms with Gasteiger partial charge < -0.3 is 15.3 Å². The summed E-state index contributed by atoms with van der Waals surface area (Å²) in [7, 11) is 0. The Morgan fingerprint density at radius 3 is 3.00 bits per heavy atom. The maximum absolute atomic E-state index is 12.0. The lowest BCUT2D eigenvalue weighted by atomic mass is 9.99. The number of likely N-dealkylation sites (tertiary alicyclic amines) is 1. The summed E-state index contributed by atoms with van der Waals surface area (Å²) in [5.41, 5.74) is 0.810. The van der Waals surface area contributed by atoms with Gasteiger partial charge in [-0.3, -0.25) is 4.79 Å². The molecule has 1 unspecified atom stereocenters. The number of rotatable bonds is 5. The Bertz CT molecular complexity index is 453. The minimum Gasteiger partial charge on any atom is -0.396 e. The summed E-state index contributed by atoms with van der Waals surface area (Å²) in [4.78, 5) is 14.2. The van der Waals surface area contributed by atoms with Gasteiger partial charge in [-0.15, -0.1) is 0 Å². The first-order valence-electron chi connectivity index (χ1n) is 7.06. The van der Waals surface area contributed by atoms with Crippen LogP contribution in [0.3, 0.4) is 0 Å². The molecule has 1 saturated heterocycles. The zero-order valence-corrected chi connectivity index (χ0v) is 13.1. The molecule has 0 saturated carbocycles. The van der Waals surface area contributed by atoms with E-state index in [-0.39, 0.29) is 12.5 Å². The average Bonchev–Trinajstić information content (AvgIpc) is 2.48. The van der Waals surface area contributed by atoms with Gasteiger partial charge in [-0.25, -0.2) is 0 Å². The Balaban J connectivity index is 1.76. The molecule has 0 aliphatic carbocycles. The molecule has 110 valence electrons. The number of piperidine rings is 1. The lowest BCUT2D eigenvalue weighted by Gasteiger charge is -2.31. The molecule has 4 nitrogen and oxygen atoms in total. The SMILES string of the molecule is O=C(CCN1CCCC(CO)C1)Nc1ccccc1Br. The van der Waals surface area contributed by atoms with Gasteiger partial charge >= 0.3 is 0 Å². The van der Waals surface area contributed by atoms with Gasteiger partial charge in [0.2, 0.25) is 5.91 Å². The monoisotopic (exact) mass is 340 g/mol. The summed E-state index contributed by atoms with van der Waals surface area (Å²) in [6.07, 6.45) is 2.69. The lowest BCUT2D eigenvalue weighted by Crippen LogP contribution is -2.38. The molecule has 1 fully saturated rings. The summed E-state index contributed by atoms with van der Waals surface area (Å²) >= 11 is 3.42. The molecule has 0 radical (unpaired) electrons. The molecule has 0 spiro atoms. The van der Waals surface area contributed by atoms with Crippen LogP contribution in [0.5, 0.6) is 0 Å². The highest BCUT2D eigenvalue weighted by atomic mass is 79.9. The smallest absolute Gasteiger partial charge is 0.225 e. The van der Waals surface area contributed by atoms with Gasteiger partial charge in [0.05, 0.1) is 5.69 Å². The third kappa shape index (κ3) is 4.58. The van der Waals surface area contributed by atoms with Crippen molar-refractivity contribution in [2.45, 2.75) is 19.3 Å². The molecule has 1 aliphatic heterocycles. The molecule has 0 aromatic heterocycles. The highest BCUT2D eigenvalue weighted by Crippen LogP contribution is 2.21. The summed E-state index contributed by atoms with van der Waals surface area (Å²) in [6.45, 7) is 2.93. The van der Waals surface area contributed by atoms with E-state index in [1.54, 1.807) is 0 Å². The Morgan fingerprint density at radius 1 is 1.45 bits per heavy atom. The second kappa shape index (κ2) is 7.76. The molecule has 5 heteroatoms. The van der Waals surface area contributed by atoms with Crippen molar-refractivity contribution in [1.82, 2.24) is 4.90 Å². The summed E-state index contributed by atoms with van der Waals surface area (Å²) in [5.74, 6) is 0.401. The predicted molar refractivity (Wildman–Crippen MR) is 83.6 cm³/mol. The molecular formula is C15H21BrN2O2. The van der Waals surface area contributed by atoms with Crippen LogP contribution in [0.15, 0.2) is 28.7 Å². The van der Waals surface area contributed by atoms with Crippen LogP contribution in [0.1, 0.15) is 19.3 Å². The number of nitrogens with one attached hydrogen (secondary N) is 1.